The average molecular weight is 387 g/mol. The number of carbonyl (C=O) groups is 2. The monoisotopic (exact) mass is 387 g/mol. The first-order valence-electron chi connectivity index (χ1n) is 9.76. The second-order valence-corrected chi connectivity index (χ2v) is 7.31. The van der Waals surface area contributed by atoms with Gasteiger partial charge in [-0.3, -0.25) is 9.59 Å². The number of amides is 2. The second kappa shape index (κ2) is 9.48. The van der Waals surface area contributed by atoms with E-state index >= 15 is 0 Å². The van der Waals surface area contributed by atoms with Crippen LogP contribution in [-0.2, 0) is 16.0 Å². The van der Waals surface area contributed by atoms with Crippen molar-refractivity contribution in [2.75, 3.05) is 19.6 Å². The van der Waals surface area contributed by atoms with Crippen molar-refractivity contribution in [2.45, 2.75) is 39.0 Å². The largest absolute Gasteiger partial charge is 0.441 e. The number of aromatic nitrogens is 1. The van der Waals surface area contributed by atoms with Crippen LogP contribution in [0.25, 0.3) is 11.3 Å². The third kappa shape index (κ3) is 5.65. The number of nitrogens with zero attached hydrogens (tertiary/aromatic N) is 2. The van der Waals surface area contributed by atoms with Gasteiger partial charge in [-0.15, -0.1) is 0 Å². The van der Waals surface area contributed by atoms with Crippen LogP contribution in [0.2, 0.25) is 0 Å². The van der Waals surface area contributed by atoms with Gasteiger partial charge in [-0.05, 0) is 43.0 Å². The summed E-state index contributed by atoms with van der Waals surface area (Å²) in [7, 11) is 0. The Morgan fingerprint density at radius 2 is 2.07 bits per heavy atom. The zero-order chi connectivity index (χ0) is 19.9. The molecule has 1 fully saturated rings. The Balaban J connectivity index is 1.37. The first kappa shape index (κ1) is 20.0. The molecule has 6 nitrogen and oxygen atoms in total. The Labute approximate surface area is 164 Å². The van der Waals surface area contributed by atoms with Gasteiger partial charge in [0.2, 0.25) is 11.8 Å². The highest BCUT2D eigenvalue weighted by Gasteiger charge is 2.20. The van der Waals surface area contributed by atoms with E-state index in [1.807, 2.05) is 4.90 Å². The van der Waals surface area contributed by atoms with E-state index in [2.05, 4.69) is 17.2 Å². The lowest BCUT2D eigenvalue weighted by molar-refractivity contribution is -0.132. The Kier molecular flexibility index (Phi) is 6.79. The summed E-state index contributed by atoms with van der Waals surface area (Å²) in [4.78, 5) is 30.2. The fourth-order valence-electron chi connectivity index (χ4n) is 3.37. The normalized spacial score (nSPS) is 16.8. The highest BCUT2D eigenvalue weighted by Crippen LogP contribution is 2.21. The van der Waals surface area contributed by atoms with E-state index in [-0.39, 0.29) is 24.1 Å². The molecule has 0 bridgehead atoms. The molecule has 2 aromatic rings. The molecule has 7 heteroatoms. The summed E-state index contributed by atoms with van der Waals surface area (Å²) in [6.45, 7) is 4.13. The third-order valence-corrected chi connectivity index (χ3v) is 4.92. The molecule has 1 aliphatic rings. The fourth-order valence-corrected chi connectivity index (χ4v) is 3.37. The first-order valence-corrected chi connectivity index (χ1v) is 9.76. The van der Waals surface area contributed by atoms with E-state index in [0.717, 1.165) is 25.1 Å². The highest BCUT2D eigenvalue weighted by molar-refractivity contribution is 5.79. The van der Waals surface area contributed by atoms with Crippen LogP contribution in [0.5, 0.6) is 0 Å². The molecule has 0 radical (unpaired) electrons. The maximum Gasteiger partial charge on any atom is 0.224 e. The second-order valence-electron chi connectivity index (χ2n) is 7.31. The van der Waals surface area contributed by atoms with E-state index in [0.29, 0.717) is 37.0 Å². The first-order chi connectivity index (χ1) is 13.5. The Morgan fingerprint density at radius 1 is 1.29 bits per heavy atom. The SMILES string of the molecule is CC1CCCN(C(=O)CCNC(=O)CCc2ncc(-c3ccc(F)cc3)o2)C1. The van der Waals surface area contributed by atoms with Crippen LogP contribution in [0, 0.1) is 11.7 Å². The minimum absolute atomic E-state index is 0.100. The maximum absolute atomic E-state index is 13.0. The van der Waals surface area contributed by atoms with Gasteiger partial charge in [0.25, 0.3) is 0 Å². The number of halogens is 1. The van der Waals surface area contributed by atoms with Crippen LogP contribution in [0.15, 0.2) is 34.9 Å². The number of nitrogens with one attached hydrogen (secondary N) is 1. The number of aryl methyl sites for hydroxylation is 1. The summed E-state index contributed by atoms with van der Waals surface area (Å²) < 4.78 is 18.6. The molecule has 1 saturated heterocycles. The van der Waals surface area contributed by atoms with Crippen molar-refractivity contribution in [3.05, 3.63) is 42.2 Å². The summed E-state index contributed by atoms with van der Waals surface area (Å²) in [6, 6.07) is 5.95. The van der Waals surface area contributed by atoms with Gasteiger partial charge in [-0.1, -0.05) is 6.92 Å². The maximum atomic E-state index is 13.0. The van der Waals surface area contributed by atoms with E-state index in [9.17, 15) is 14.0 Å². The Bertz CT molecular complexity index is 803. The van der Waals surface area contributed by atoms with Gasteiger partial charge in [0.1, 0.15) is 5.82 Å². The van der Waals surface area contributed by atoms with Crippen molar-refractivity contribution >= 4 is 11.8 Å². The van der Waals surface area contributed by atoms with Gasteiger partial charge in [0.05, 0.1) is 6.20 Å². The molecule has 1 atom stereocenters. The Hall–Kier alpha value is -2.70. The molecule has 150 valence electrons. The Morgan fingerprint density at radius 3 is 2.82 bits per heavy atom. The van der Waals surface area contributed by atoms with Gasteiger partial charge < -0.3 is 14.6 Å². The average Bonchev–Trinajstić information content (AvgIpc) is 3.16. The molecular formula is C21H26FN3O3. The van der Waals surface area contributed by atoms with Crippen LogP contribution in [0.3, 0.4) is 0 Å². The van der Waals surface area contributed by atoms with Crippen molar-refractivity contribution in [3.63, 3.8) is 0 Å². The zero-order valence-electron chi connectivity index (χ0n) is 16.1. The standard InChI is InChI=1S/C21H26FN3O3/c1-15-3-2-12-25(14-15)21(27)10-11-23-19(26)8-9-20-24-13-18(28-20)16-4-6-17(22)7-5-16/h4-7,13,15H,2-3,8-12,14H2,1H3,(H,23,26). The topological polar surface area (TPSA) is 75.4 Å². The van der Waals surface area contributed by atoms with Crippen molar-refractivity contribution in [1.29, 1.82) is 0 Å². The minimum Gasteiger partial charge on any atom is -0.441 e. The molecular weight excluding hydrogens is 361 g/mol. The van der Waals surface area contributed by atoms with Crippen LogP contribution < -0.4 is 5.32 Å². The van der Waals surface area contributed by atoms with Gasteiger partial charge in [-0.2, -0.15) is 0 Å². The molecule has 1 unspecified atom stereocenters. The molecule has 1 N–H and O–H groups in total. The number of carbonyl (C=O) groups excluding carboxylic acids is 2. The number of hydrogen-bond donors (Lipinski definition) is 1. The van der Waals surface area contributed by atoms with Crippen LogP contribution in [-0.4, -0.2) is 41.3 Å². The van der Waals surface area contributed by atoms with Crippen LogP contribution in [0.4, 0.5) is 4.39 Å². The highest BCUT2D eigenvalue weighted by atomic mass is 19.1. The molecule has 1 aliphatic heterocycles. The summed E-state index contributed by atoms with van der Waals surface area (Å²) in [5.41, 5.74) is 0.732. The van der Waals surface area contributed by atoms with Crippen molar-refractivity contribution in [1.82, 2.24) is 15.2 Å². The van der Waals surface area contributed by atoms with Gasteiger partial charge >= 0.3 is 0 Å². The molecule has 0 saturated carbocycles. The van der Waals surface area contributed by atoms with Crippen LogP contribution in [0.1, 0.15) is 38.5 Å². The van der Waals surface area contributed by atoms with Gasteiger partial charge in [0, 0.05) is 44.5 Å². The number of benzene rings is 1. The van der Waals surface area contributed by atoms with E-state index in [1.165, 1.54) is 18.6 Å². The van der Waals surface area contributed by atoms with Crippen molar-refractivity contribution in [2.24, 2.45) is 5.92 Å². The number of hydrogen-bond acceptors (Lipinski definition) is 4. The molecule has 3 rings (SSSR count). The summed E-state index contributed by atoms with van der Waals surface area (Å²) in [5, 5.41) is 2.78. The quantitative estimate of drug-likeness (QED) is 0.792. The molecule has 2 heterocycles. The summed E-state index contributed by atoms with van der Waals surface area (Å²) in [5.74, 6) is 1.19. The predicted molar refractivity (Wildman–Crippen MR) is 103 cm³/mol. The number of piperidine rings is 1. The number of oxazole rings is 1. The lowest BCUT2D eigenvalue weighted by Crippen LogP contribution is -2.40. The fraction of sp³-hybridized carbons (Fsp3) is 0.476. The lowest BCUT2D eigenvalue weighted by atomic mass is 10.00. The predicted octanol–water partition coefficient (Wildman–Crippen LogP) is 3.18. The van der Waals surface area contributed by atoms with Gasteiger partial charge in [0.15, 0.2) is 11.7 Å². The van der Waals surface area contributed by atoms with E-state index in [1.54, 1.807) is 18.3 Å². The number of likely N-dealkylation sites (tertiary alicyclic amines) is 1. The van der Waals surface area contributed by atoms with Crippen molar-refractivity contribution < 1.29 is 18.4 Å². The minimum atomic E-state index is -0.312. The summed E-state index contributed by atoms with van der Waals surface area (Å²) in [6.07, 6.45) is 4.72. The molecule has 0 aliphatic carbocycles. The molecule has 1 aromatic carbocycles. The number of rotatable bonds is 7. The molecule has 0 spiro atoms. The van der Waals surface area contributed by atoms with E-state index in [4.69, 9.17) is 4.42 Å². The lowest BCUT2D eigenvalue weighted by Gasteiger charge is -2.31. The smallest absolute Gasteiger partial charge is 0.224 e. The summed E-state index contributed by atoms with van der Waals surface area (Å²) >= 11 is 0. The molecule has 2 amide bonds. The third-order valence-electron chi connectivity index (χ3n) is 4.92. The van der Waals surface area contributed by atoms with Gasteiger partial charge in [-0.25, -0.2) is 9.37 Å². The van der Waals surface area contributed by atoms with Crippen molar-refractivity contribution in [3.8, 4) is 11.3 Å². The van der Waals surface area contributed by atoms with Crippen LogP contribution >= 0.6 is 0 Å². The van der Waals surface area contributed by atoms with E-state index < -0.39 is 0 Å². The molecule has 28 heavy (non-hydrogen) atoms. The zero-order valence-corrected chi connectivity index (χ0v) is 16.1. The molecule has 1 aromatic heterocycles.